The molecule has 0 saturated heterocycles. The summed E-state index contributed by atoms with van der Waals surface area (Å²) in [5.41, 5.74) is 0.00193. The zero-order valence-electron chi connectivity index (χ0n) is 9.74. The topological polar surface area (TPSA) is 76.3 Å². The zero-order valence-corrected chi connectivity index (χ0v) is 11.4. The first-order chi connectivity index (χ1) is 8.65. The third kappa shape index (κ3) is 3.15. The Balaban J connectivity index is 1.95. The van der Waals surface area contributed by atoms with Crippen LogP contribution in [0.1, 0.15) is 25.7 Å². The van der Waals surface area contributed by atoms with Gasteiger partial charge in [0.15, 0.2) is 0 Å². The number of nitrogens with zero attached hydrogens (tertiary/aromatic N) is 2. The average molecular weight is 286 g/mol. The fourth-order valence-electron chi connectivity index (χ4n) is 1.95. The van der Waals surface area contributed by atoms with Crippen molar-refractivity contribution in [1.82, 2.24) is 4.98 Å². The van der Waals surface area contributed by atoms with Crippen LogP contribution in [0.25, 0.3) is 0 Å². The minimum absolute atomic E-state index is 0.00193. The van der Waals surface area contributed by atoms with E-state index in [-0.39, 0.29) is 17.0 Å². The summed E-state index contributed by atoms with van der Waals surface area (Å²) in [7, 11) is 3.12. The first-order valence-electron chi connectivity index (χ1n) is 5.72. The monoisotopic (exact) mass is 286 g/mol. The molecule has 1 aromatic rings. The average Bonchev–Trinajstić information content (AvgIpc) is 2.86. The van der Waals surface area contributed by atoms with Gasteiger partial charge in [0, 0.05) is 10.8 Å². The SMILES string of the molecule is O=[N+]([O-])c1ccc(SSC2(CO)CCCC2)nc1. The largest absolute Gasteiger partial charge is 0.395 e. The van der Waals surface area contributed by atoms with Gasteiger partial charge < -0.3 is 5.11 Å². The Labute approximate surface area is 113 Å². The van der Waals surface area contributed by atoms with Crippen molar-refractivity contribution in [1.29, 1.82) is 0 Å². The molecule has 1 saturated carbocycles. The van der Waals surface area contributed by atoms with Crippen LogP contribution in [0.15, 0.2) is 23.4 Å². The summed E-state index contributed by atoms with van der Waals surface area (Å²) in [6.45, 7) is 0.178. The van der Waals surface area contributed by atoms with E-state index in [9.17, 15) is 15.2 Å². The Kier molecular flexibility index (Phi) is 4.47. The first-order valence-corrected chi connectivity index (χ1v) is 7.87. The van der Waals surface area contributed by atoms with Crippen molar-refractivity contribution in [3.63, 3.8) is 0 Å². The van der Waals surface area contributed by atoms with Crippen LogP contribution in [0, 0.1) is 10.1 Å². The maximum atomic E-state index is 10.5. The Morgan fingerprint density at radius 2 is 2.17 bits per heavy atom. The lowest BCUT2D eigenvalue weighted by atomic mass is 10.1. The minimum atomic E-state index is -0.458. The van der Waals surface area contributed by atoms with E-state index in [1.165, 1.54) is 23.1 Å². The Morgan fingerprint density at radius 1 is 1.44 bits per heavy atom. The molecule has 0 aliphatic heterocycles. The van der Waals surface area contributed by atoms with Gasteiger partial charge in [0.2, 0.25) is 0 Å². The molecule has 1 aromatic heterocycles. The highest BCUT2D eigenvalue weighted by atomic mass is 33.1. The van der Waals surface area contributed by atoms with Crippen molar-refractivity contribution >= 4 is 27.3 Å². The van der Waals surface area contributed by atoms with Gasteiger partial charge in [-0.15, -0.1) is 0 Å². The second-order valence-corrected chi connectivity index (χ2v) is 6.94. The van der Waals surface area contributed by atoms with Crippen molar-refractivity contribution in [3.8, 4) is 0 Å². The molecule has 5 nitrogen and oxygen atoms in total. The number of aromatic nitrogens is 1. The second-order valence-electron chi connectivity index (χ2n) is 4.33. The number of pyridine rings is 1. The Morgan fingerprint density at radius 3 is 2.67 bits per heavy atom. The number of hydrogen-bond donors (Lipinski definition) is 1. The Hall–Kier alpha value is -0.790. The van der Waals surface area contributed by atoms with Gasteiger partial charge in [-0.2, -0.15) is 0 Å². The fraction of sp³-hybridized carbons (Fsp3) is 0.545. The number of aliphatic hydroxyl groups is 1. The maximum Gasteiger partial charge on any atom is 0.287 e. The molecule has 0 unspecified atom stereocenters. The number of aliphatic hydroxyl groups excluding tert-OH is 1. The van der Waals surface area contributed by atoms with Gasteiger partial charge in [-0.05, 0) is 29.7 Å². The molecular formula is C11H14N2O3S2. The molecule has 7 heteroatoms. The van der Waals surface area contributed by atoms with Gasteiger partial charge in [-0.25, -0.2) is 4.98 Å². The number of nitro groups is 1. The van der Waals surface area contributed by atoms with E-state index < -0.39 is 4.92 Å². The van der Waals surface area contributed by atoms with E-state index >= 15 is 0 Å². The summed E-state index contributed by atoms with van der Waals surface area (Å²) in [6.07, 6.45) is 5.62. The van der Waals surface area contributed by atoms with Crippen LogP contribution in [0.5, 0.6) is 0 Å². The van der Waals surface area contributed by atoms with Crippen molar-refractivity contribution in [2.24, 2.45) is 0 Å². The van der Waals surface area contributed by atoms with E-state index in [1.54, 1.807) is 16.9 Å². The molecule has 98 valence electrons. The Bertz CT molecular complexity index is 419. The van der Waals surface area contributed by atoms with Gasteiger partial charge in [-0.3, -0.25) is 10.1 Å². The minimum Gasteiger partial charge on any atom is -0.395 e. The lowest BCUT2D eigenvalue weighted by Gasteiger charge is -2.24. The van der Waals surface area contributed by atoms with E-state index in [2.05, 4.69) is 4.98 Å². The van der Waals surface area contributed by atoms with Gasteiger partial charge >= 0.3 is 0 Å². The highest BCUT2D eigenvalue weighted by Crippen LogP contribution is 2.49. The number of rotatable bonds is 5. The molecule has 1 aliphatic rings. The molecule has 2 rings (SSSR count). The van der Waals surface area contributed by atoms with Crippen molar-refractivity contribution in [3.05, 3.63) is 28.4 Å². The maximum absolute atomic E-state index is 10.5. The molecule has 1 aliphatic carbocycles. The van der Waals surface area contributed by atoms with Crippen LogP contribution in [0.2, 0.25) is 0 Å². The van der Waals surface area contributed by atoms with Crippen LogP contribution < -0.4 is 0 Å². The summed E-state index contributed by atoms with van der Waals surface area (Å²) in [5, 5.41) is 20.7. The molecule has 1 heterocycles. The molecule has 1 N–H and O–H groups in total. The molecule has 0 spiro atoms. The highest BCUT2D eigenvalue weighted by Gasteiger charge is 2.34. The molecule has 0 aromatic carbocycles. The van der Waals surface area contributed by atoms with Crippen LogP contribution in [0.3, 0.4) is 0 Å². The summed E-state index contributed by atoms with van der Waals surface area (Å²) >= 11 is 0. The van der Waals surface area contributed by atoms with Gasteiger partial charge in [0.25, 0.3) is 5.69 Å². The summed E-state index contributed by atoms with van der Waals surface area (Å²) in [4.78, 5) is 14.1. The van der Waals surface area contributed by atoms with Crippen LogP contribution >= 0.6 is 21.6 Å². The molecule has 0 amide bonds. The summed E-state index contributed by atoms with van der Waals surface area (Å²) in [6, 6.07) is 3.10. The van der Waals surface area contributed by atoms with E-state index in [0.29, 0.717) is 0 Å². The first kappa shape index (κ1) is 13.6. The van der Waals surface area contributed by atoms with E-state index in [4.69, 9.17) is 0 Å². The highest BCUT2D eigenvalue weighted by molar-refractivity contribution is 8.77. The lowest BCUT2D eigenvalue weighted by molar-refractivity contribution is -0.385. The molecule has 0 bridgehead atoms. The predicted octanol–water partition coefficient (Wildman–Crippen LogP) is 3.04. The van der Waals surface area contributed by atoms with Gasteiger partial charge in [0.1, 0.15) is 11.2 Å². The van der Waals surface area contributed by atoms with Gasteiger partial charge in [0.05, 0.1) is 11.5 Å². The standard InChI is InChI=1S/C11H14N2O3S2/c14-8-11(5-1-2-6-11)18-17-10-4-3-9(7-12-10)13(15)16/h3-4,7,14H,1-2,5-6,8H2. The lowest BCUT2D eigenvalue weighted by Crippen LogP contribution is -2.23. The van der Waals surface area contributed by atoms with Crippen LogP contribution in [0.4, 0.5) is 5.69 Å². The molecule has 0 atom stereocenters. The molecule has 18 heavy (non-hydrogen) atoms. The second kappa shape index (κ2) is 5.90. The van der Waals surface area contributed by atoms with Crippen molar-refractivity contribution < 1.29 is 10.0 Å². The normalized spacial score (nSPS) is 17.8. The van der Waals surface area contributed by atoms with Gasteiger partial charge in [-0.1, -0.05) is 23.6 Å². The van der Waals surface area contributed by atoms with E-state index in [0.717, 1.165) is 30.7 Å². The number of hydrogen-bond acceptors (Lipinski definition) is 6. The molecular weight excluding hydrogens is 272 g/mol. The molecule has 0 radical (unpaired) electrons. The zero-order chi connectivity index (χ0) is 13.0. The third-order valence-corrected chi connectivity index (χ3v) is 6.25. The van der Waals surface area contributed by atoms with E-state index in [1.807, 2.05) is 0 Å². The quantitative estimate of drug-likeness (QED) is 0.509. The smallest absolute Gasteiger partial charge is 0.287 e. The van der Waals surface area contributed by atoms with Crippen molar-refractivity contribution in [2.45, 2.75) is 35.5 Å². The molecule has 1 fully saturated rings. The third-order valence-electron chi connectivity index (χ3n) is 3.04. The fourth-order valence-corrected chi connectivity index (χ4v) is 4.68. The van der Waals surface area contributed by atoms with Crippen molar-refractivity contribution in [2.75, 3.05) is 6.61 Å². The van der Waals surface area contributed by atoms with Crippen LogP contribution in [-0.4, -0.2) is 26.4 Å². The summed E-state index contributed by atoms with van der Waals surface area (Å²) < 4.78 is -0.0614. The van der Waals surface area contributed by atoms with Crippen LogP contribution in [-0.2, 0) is 0 Å². The summed E-state index contributed by atoms with van der Waals surface area (Å²) in [5.74, 6) is 0. The predicted molar refractivity (Wildman–Crippen MR) is 72.6 cm³/mol.